The summed E-state index contributed by atoms with van der Waals surface area (Å²) < 4.78 is 5.43. The molecule has 2 fully saturated rings. The lowest BCUT2D eigenvalue weighted by molar-refractivity contribution is -0.140. The van der Waals surface area contributed by atoms with E-state index in [9.17, 15) is 9.59 Å². The highest BCUT2D eigenvalue weighted by molar-refractivity contribution is 5.98. The number of benzene rings is 1. The van der Waals surface area contributed by atoms with E-state index in [1.54, 1.807) is 6.20 Å². The molecular formula is C30H44N6O3. The first-order valence-electron chi connectivity index (χ1n) is 14.2. The van der Waals surface area contributed by atoms with Crippen LogP contribution >= 0.6 is 0 Å². The summed E-state index contributed by atoms with van der Waals surface area (Å²) in [7, 11) is 0. The van der Waals surface area contributed by atoms with E-state index in [0.717, 1.165) is 5.56 Å². The summed E-state index contributed by atoms with van der Waals surface area (Å²) in [4.78, 5) is 40.8. The maximum Gasteiger partial charge on any atom is 0.259 e. The van der Waals surface area contributed by atoms with Crippen LogP contribution in [0.2, 0.25) is 0 Å². The largest absolute Gasteiger partial charge is 0.378 e. The lowest BCUT2D eigenvalue weighted by Gasteiger charge is -2.40. The Morgan fingerprint density at radius 2 is 1.87 bits per heavy atom. The molecule has 0 radical (unpaired) electrons. The monoisotopic (exact) mass is 536 g/mol. The molecular weight excluding hydrogens is 492 g/mol. The highest BCUT2D eigenvalue weighted by Gasteiger charge is 2.36. The Morgan fingerprint density at radius 1 is 1.15 bits per heavy atom. The van der Waals surface area contributed by atoms with Gasteiger partial charge in [-0.2, -0.15) is 0 Å². The number of carbonyl (C=O) groups excluding carboxylic acids is 2. The number of morpholine rings is 1. The number of hydrogen-bond donors (Lipinski definition) is 2. The van der Waals surface area contributed by atoms with Crippen LogP contribution in [0.1, 0.15) is 62.8 Å². The molecule has 1 aromatic carbocycles. The third-order valence-electron chi connectivity index (χ3n) is 7.26. The summed E-state index contributed by atoms with van der Waals surface area (Å²) in [5, 5.41) is 6.85. The van der Waals surface area contributed by atoms with Crippen molar-refractivity contribution in [2.24, 2.45) is 11.8 Å². The zero-order valence-electron chi connectivity index (χ0n) is 24.1. The van der Waals surface area contributed by atoms with Crippen LogP contribution in [0.3, 0.4) is 0 Å². The van der Waals surface area contributed by atoms with E-state index < -0.39 is 0 Å². The fourth-order valence-electron chi connectivity index (χ4n) is 5.15. The molecule has 2 aromatic rings. The van der Waals surface area contributed by atoms with Crippen molar-refractivity contribution in [2.45, 2.75) is 59.0 Å². The van der Waals surface area contributed by atoms with Gasteiger partial charge in [-0.05, 0) is 17.9 Å². The zero-order valence-corrected chi connectivity index (χ0v) is 24.1. The number of anilines is 1. The molecule has 2 atom stereocenters. The van der Waals surface area contributed by atoms with Crippen LogP contribution < -0.4 is 10.6 Å². The van der Waals surface area contributed by atoms with Gasteiger partial charge < -0.3 is 25.2 Å². The number of ether oxygens (including phenoxy) is 1. The molecule has 0 bridgehead atoms. The van der Waals surface area contributed by atoms with Crippen LogP contribution in [0.25, 0.3) is 0 Å². The molecule has 2 aliphatic rings. The van der Waals surface area contributed by atoms with Crippen LogP contribution in [0.15, 0.2) is 36.5 Å². The van der Waals surface area contributed by atoms with Crippen LogP contribution in [0, 0.1) is 11.8 Å². The number of hydrogen-bond acceptors (Lipinski definition) is 7. The van der Waals surface area contributed by atoms with Crippen molar-refractivity contribution in [3.63, 3.8) is 0 Å². The Kier molecular flexibility index (Phi) is 9.56. The molecule has 1 aromatic heterocycles. The second kappa shape index (κ2) is 12.9. The first kappa shape index (κ1) is 29.0. The molecule has 39 heavy (non-hydrogen) atoms. The molecule has 0 unspecified atom stereocenters. The molecule has 0 aliphatic carbocycles. The number of nitrogens with one attached hydrogen (secondary N) is 2. The van der Waals surface area contributed by atoms with Crippen LogP contribution in [0.5, 0.6) is 0 Å². The lowest BCUT2D eigenvalue weighted by atomic mass is 9.92. The van der Waals surface area contributed by atoms with Crippen molar-refractivity contribution in [3.05, 3.63) is 53.5 Å². The van der Waals surface area contributed by atoms with Crippen molar-refractivity contribution in [1.82, 2.24) is 25.1 Å². The number of nitrogens with zero attached hydrogens (tertiary/aromatic N) is 4. The van der Waals surface area contributed by atoms with Gasteiger partial charge in [0.15, 0.2) is 0 Å². The molecule has 4 rings (SSSR count). The van der Waals surface area contributed by atoms with Gasteiger partial charge in [-0.25, -0.2) is 9.97 Å². The Bertz CT molecular complexity index is 1110. The molecule has 9 nitrogen and oxygen atoms in total. The average Bonchev–Trinajstić information content (AvgIpc) is 2.94. The third kappa shape index (κ3) is 7.54. The van der Waals surface area contributed by atoms with Gasteiger partial charge in [0.25, 0.3) is 5.91 Å². The Morgan fingerprint density at radius 3 is 2.54 bits per heavy atom. The minimum Gasteiger partial charge on any atom is -0.378 e. The SMILES string of the molecule is CC(C)CN(C(=O)c1cnc(C(C)(C)C)nc1NCc1ccccc1)[C@@H]1CNC[C@H](C(=O)N2CCOCC2)C1. The van der Waals surface area contributed by atoms with E-state index in [-0.39, 0.29) is 35.1 Å². The molecule has 2 saturated heterocycles. The molecule has 3 heterocycles. The number of piperidine rings is 1. The second-order valence-electron chi connectivity index (χ2n) is 12.1. The van der Waals surface area contributed by atoms with Crippen LogP contribution in [-0.2, 0) is 21.5 Å². The van der Waals surface area contributed by atoms with Gasteiger partial charge in [0.05, 0.1) is 19.1 Å². The smallest absolute Gasteiger partial charge is 0.259 e. The molecule has 0 spiro atoms. The van der Waals surface area contributed by atoms with Gasteiger partial charge in [-0.15, -0.1) is 0 Å². The number of carbonyl (C=O) groups is 2. The van der Waals surface area contributed by atoms with Crippen molar-refractivity contribution in [3.8, 4) is 0 Å². The summed E-state index contributed by atoms with van der Waals surface area (Å²) in [5.41, 5.74) is 1.30. The molecule has 212 valence electrons. The molecule has 0 saturated carbocycles. The number of amides is 2. The van der Waals surface area contributed by atoms with Crippen LogP contribution in [-0.4, -0.2) is 83.6 Å². The van der Waals surface area contributed by atoms with E-state index in [4.69, 9.17) is 9.72 Å². The summed E-state index contributed by atoms with van der Waals surface area (Å²) >= 11 is 0. The highest BCUT2D eigenvalue weighted by Crippen LogP contribution is 2.26. The van der Waals surface area contributed by atoms with Crippen molar-refractivity contribution >= 4 is 17.6 Å². The number of aromatic nitrogens is 2. The van der Waals surface area contributed by atoms with Crippen molar-refractivity contribution in [1.29, 1.82) is 0 Å². The van der Waals surface area contributed by atoms with Crippen molar-refractivity contribution in [2.75, 3.05) is 51.3 Å². The summed E-state index contributed by atoms with van der Waals surface area (Å²) in [6, 6.07) is 9.97. The quantitative estimate of drug-likeness (QED) is 0.534. The predicted octanol–water partition coefficient (Wildman–Crippen LogP) is 3.32. The zero-order chi connectivity index (χ0) is 28.0. The maximum atomic E-state index is 14.2. The minimum atomic E-state index is -0.261. The standard InChI is InChI=1S/C30H44N6O3/c1-21(2)20-36(24-15-23(17-31-18-24)27(37)35-11-13-39-14-12-35)28(38)25-19-33-29(30(3,4)5)34-26(25)32-16-22-9-7-6-8-10-22/h6-10,19,21,23-24,31H,11-18,20H2,1-5H3,(H,32,33,34)/t23-,24+/m1/s1. The van der Waals surface area contributed by atoms with E-state index in [2.05, 4.69) is 50.2 Å². The fraction of sp³-hybridized carbons (Fsp3) is 0.600. The number of rotatable bonds is 8. The Balaban J connectivity index is 1.59. The second-order valence-corrected chi connectivity index (χ2v) is 12.1. The third-order valence-corrected chi connectivity index (χ3v) is 7.26. The maximum absolute atomic E-state index is 14.2. The van der Waals surface area contributed by atoms with Gasteiger partial charge in [-0.3, -0.25) is 9.59 Å². The molecule has 2 aliphatic heterocycles. The Hall–Kier alpha value is -3.04. The van der Waals surface area contributed by atoms with Gasteiger partial charge in [0.2, 0.25) is 5.91 Å². The van der Waals surface area contributed by atoms with Gasteiger partial charge in [-0.1, -0.05) is 65.0 Å². The molecule has 2 amide bonds. The van der Waals surface area contributed by atoms with Crippen LogP contribution in [0.4, 0.5) is 5.82 Å². The van der Waals surface area contributed by atoms with E-state index in [1.807, 2.05) is 40.1 Å². The Labute approximate surface area is 232 Å². The normalized spacial score (nSPS) is 20.1. The van der Waals surface area contributed by atoms with Crippen molar-refractivity contribution < 1.29 is 14.3 Å². The van der Waals surface area contributed by atoms with E-state index in [1.165, 1.54) is 0 Å². The summed E-state index contributed by atoms with van der Waals surface area (Å²) in [6.07, 6.45) is 2.30. The van der Waals surface area contributed by atoms with Gasteiger partial charge in [0.1, 0.15) is 17.2 Å². The molecule has 2 N–H and O–H groups in total. The highest BCUT2D eigenvalue weighted by atomic mass is 16.5. The lowest BCUT2D eigenvalue weighted by Crippen LogP contribution is -2.56. The van der Waals surface area contributed by atoms with Gasteiger partial charge >= 0.3 is 0 Å². The topological polar surface area (TPSA) is 99.7 Å². The first-order chi connectivity index (χ1) is 18.6. The predicted molar refractivity (Wildman–Crippen MR) is 153 cm³/mol. The first-order valence-corrected chi connectivity index (χ1v) is 14.2. The molecule has 9 heteroatoms. The summed E-state index contributed by atoms with van der Waals surface area (Å²) in [5.74, 6) is 1.36. The van der Waals surface area contributed by atoms with E-state index >= 15 is 0 Å². The fourth-order valence-corrected chi connectivity index (χ4v) is 5.15. The van der Waals surface area contributed by atoms with E-state index in [0.29, 0.717) is 76.1 Å². The minimum absolute atomic E-state index is 0.104. The van der Waals surface area contributed by atoms with Gasteiger partial charge in [0, 0.05) is 56.9 Å². The summed E-state index contributed by atoms with van der Waals surface area (Å²) in [6.45, 7) is 15.2. The average molecular weight is 537 g/mol.